The van der Waals surface area contributed by atoms with Gasteiger partial charge in [0, 0.05) is 18.2 Å². The molecule has 0 spiro atoms. The number of hydrogen-bond donors (Lipinski definition) is 2. The number of fused-ring (bicyclic) bond motifs is 3. The highest BCUT2D eigenvalue weighted by Crippen LogP contribution is 2.45. The fourth-order valence-corrected chi connectivity index (χ4v) is 2.99. The lowest BCUT2D eigenvalue weighted by molar-refractivity contribution is 0.121. The molecule has 4 nitrogen and oxygen atoms in total. The second-order valence-electron chi connectivity index (χ2n) is 5.17. The minimum Gasteiger partial charge on any atom is -0.447 e. The van der Waals surface area contributed by atoms with Crippen LogP contribution >= 0.6 is 0 Å². The molecule has 1 aliphatic rings. The second-order valence-corrected chi connectivity index (χ2v) is 5.17. The molecule has 5 heteroatoms. The molecule has 0 saturated heterocycles. The van der Waals surface area contributed by atoms with E-state index in [2.05, 4.69) is 23.5 Å². The Morgan fingerprint density at radius 3 is 2.73 bits per heavy atom. The van der Waals surface area contributed by atoms with E-state index < -0.39 is 6.09 Å². The fraction of sp³-hybridized carbons (Fsp3) is 0.235. The molecule has 0 fully saturated rings. The Balaban J connectivity index is 1.98. The van der Waals surface area contributed by atoms with E-state index in [0.717, 1.165) is 40.0 Å². The van der Waals surface area contributed by atoms with Crippen molar-refractivity contribution in [2.24, 2.45) is 0 Å². The lowest BCUT2D eigenvalue weighted by atomic mass is 9.97. The summed E-state index contributed by atoms with van der Waals surface area (Å²) in [5.74, 6) is -0.0814. The predicted octanol–water partition coefficient (Wildman–Crippen LogP) is 3.84. The molecule has 0 aromatic heterocycles. The monoisotopic (exact) mass is 300 g/mol. The van der Waals surface area contributed by atoms with Crippen LogP contribution in [0.2, 0.25) is 0 Å². The van der Waals surface area contributed by atoms with Gasteiger partial charge in [-0.25, -0.2) is 4.79 Å². The number of anilines is 1. The number of carbonyl (C=O) groups excluding carboxylic acids is 1. The Kier molecular flexibility index (Phi) is 3.96. The zero-order valence-electron chi connectivity index (χ0n) is 12.2. The normalized spacial score (nSPS) is 14.9. The number of carbonyl (C=O) groups is 1. The zero-order chi connectivity index (χ0) is 15.5. The van der Waals surface area contributed by atoms with Crippen LogP contribution in [-0.4, -0.2) is 19.2 Å². The van der Waals surface area contributed by atoms with E-state index >= 15 is 0 Å². The van der Waals surface area contributed by atoms with Crippen LogP contribution in [0.3, 0.4) is 0 Å². The molecule has 0 saturated carbocycles. The third-order valence-corrected chi connectivity index (χ3v) is 3.89. The fourth-order valence-electron chi connectivity index (χ4n) is 2.99. The van der Waals surface area contributed by atoms with Gasteiger partial charge in [-0.15, -0.1) is 0 Å². The van der Waals surface area contributed by atoms with E-state index in [9.17, 15) is 9.28 Å². The van der Waals surface area contributed by atoms with Crippen molar-refractivity contribution in [2.75, 3.05) is 18.5 Å². The lowest BCUT2D eigenvalue weighted by Crippen LogP contribution is -2.19. The zero-order valence-corrected chi connectivity index (χ0v) is 12.2. The first-order valence-electron chi connectivity index (χ1n) is 7.25. The number of halogens is 1. The Bertz CT molecular complexity index is 703. The van der Waals surface area contributed by atoms with Crippen LogP contribution in [0.5, 0.6) is 0 Å². The summed E-state index contributed by atoms with van der Waals surface area (Å²) in [4.78, 5) is 11.0. The lowest BCUT2D eigenvalue weighted by Gasteiger charge is -2.14. The van der Waals surface area contributed by atoms with Crippen molar-refractivity contribution in [3.8, 4) is 11.1 Å². The smallest absolute Gasteiger partial charge is 0.435 e. The van der Waals surface area contributed by atoms with Crippen molar-refractivity contribution in [3.63, 3.8) is 0 Å². The van der Waals surface area contributed by atoms with Crippen LogP contribution in [0, 0.1) is 0 Å². The number of amides is 1. The van der Waals surface area contributed by atoms with Crippen molar-refractivity contribution in [3.05, 3.63) is 53.6 Å². The molecule has 0 radical (unpaired) electrons. The standard InChI is InChI=1S/C17H17FN2O2/c1-2-19-11-7-8-14-12-5-3-4-6-13(12)16(15(14)9-11)10-22-17(21)20-18/h3-9,16,19H,2,10H2,1H3,(H,20,21). The summed E-state index contributed by atoms with van der Waals surface area (Å²) >= 11 is 0. The molecular weight excluding hydrogens is 283 g/mol. The van der Waals surface area contributed by atoms with E-state index in [0.29, 0.717) is 0 Å². The summed E-state index contributed by atoms with van der Waals surface area (Å²) in [6.45, 7) is 2.97. The van der Waals surface area contributed by atoms with Crippen LogP contribution in [0.4, 0.5) is 15.0 Å². The molecule has 0 aliphatic heterocycles. The van der Waals surface area contributed by atoms with E-state index in [1.165, 1.54) is 0 Å². The second kappa shape index (κ2) is 6.05. The van der Waals surface area contributed by atoms with Gasteiger partial charge in [-0.05, 0) is 41.3 Å². The quantitative estimate of drug-likeness (QED) is 0.843. The van der Waals surface area contributed by atoms with Gasteiger partial charge < -0.3 is 10.1 Å². The van der Waals surface area contributed by atoms with Crippen LogP contribution in [0.1, 0.15) is 24.0 Å². The van der Waals surface area contributed by atoms with Crippen LogP contribution in [-0.2, 0) is 4.74 Å². The Hall–Kier alpha value is -2.56. The number of hydrogen-bond acceptors (Lipinski definition) is 3. The Labute approximate surface area is 128 Å². The molecule has 1 aliphatic carbocycles. The molecule has 22 heavy (non-hydrogen) atoms. The van der Waals surface area contributed by atoms with Gasteiger partial charge in [0.2, 0.25) is 0 Å². The van der Waals surface area contributed by atoms with Crippen LogP contribution in [0.25, 0.3) is 11.1 Å². The third kappa shape index (κ3) is 2.50. The molecule has 1 atom stereocenters. The topological polar surface area (TPSA) is 50.4 Å². The van der Waals surface area contributed by atoms with Crippen molar-refractivity contribution in [1.82, 2.24) is 5.54 Å². The van der Waals surface area contributed by atoms with Gasteiger partial charge in [-0.3, -0.25) is 0 Å². The number of rotatable bonds is 4. The molecule has 3 rings (SSSR count). The number of benzene rings is 2. The van der Waals surface area contributed by atoms with Crippen molar-refractivity contribution in [2.45, 2.75) is 12.8 Å². The first kappa shape index (κ1) is 14.4. The van der Waals surface area contributed by atoms with Gasteiger partial charge in [0.1, 0.15) is 6.61 Å². The van der Waals surface area contributed by atoms with Gasteiger partial charge in [0.15, 0.2) is 0 Å². The Morgan fingerprint density at radius 1 is 1.18 bits per heavy atom. The summed E-state index contributed by atoms with van der Waals surface area (Å²) < 4.78 is 17.0. The highest BCUT2D eigenvalue weighted by Gasteiger charge is 2.29. The van der Waals surface area contributed by atoms with Crippen LogP contribution in [0.15, 0.2) is 42.5 Å². The maximum atomic E-state index is 12.1. The highest BCUT2D eigenvalue weighted by molar-refractivity contribution is 5.80. The largest absolute Gasteiger partial charge is 0.447 e. The van der Waals surface area contributed by atoms with Gasteiger partial charge >= 0.3 is 6.09 Å². The SMILES string of the molecule is CCNc1ccc2c(c1)C(COC(=O)NF)c1ccccc1-2. The number of nitrogens with one attached hydrogen (secondary N) is 2. The highest BCUT2D eigenvalue weighted by atomic mass is 19.2. The van der Waals surface area contributed by atoms with Crippen molar-refractivity contribution < 1.29 is 14.0 Å². The van der Waals surface area contributed by atoms with Gasteiger partial charge in [0.05, 0.1) is 0 Å². The summed E-state index contributed by atoms with van der Waals surface area (Å²) in [5, 5.41) is 3.28. The van der Waals surface area contributed by atoms with Crippen molar-refractivity contribution >= 4 is 11.8 Å². The molecule has 0 bridgehead atoms. The first-order valence-corrected chi connectivity index (χ1v) is 7.25. The molecule has 1 amide bonds. The molecule has 1 unspecified atom stereocenters. The average Bonchev–Trinajstić information content (AvgIpc) is 2.86. The number of ether oxygens (including phenoxy) is 1. The predicted molar refractivity (Wildman–Crippen MR) is 83.5 cm³/mol. The van der Waals surface area contributed by atoms with Gasteiger partial charge in [-0.1, -0.05) is 34.8 Å². The minimum absolute atomic E-state index is 0.0814. The third-order valence-electron chi connectivity index (χ3n) is 3.89. The average molecular weight is 300 g/mol. The minimum atomic E-state index is -1.06. The summed E-state index contributed by atoms with van der Waals surface area (Å²) in [6, 6.07) is 14.2. The molecule has 0 heterocycles. The first-order chi connectivity index (χ1) is 10.7. The molecule has 2 aromatic rings. The maximum Gasteiger partial charge on any atom is 0.435 e. The maximum absolute atomic E-state index is 12.1. The van der Waals surface area contributed by atoms with E-state index in [4.69, 9.17) is 4.74 Å². The van der Waals surface area contributed by atoms with Crippen molar-refractivity contribution in [1.29, 1.82) is 0 Å². The van der Waals surface area contributed by atoms with E-state index in [1.54, 1.807) is 0 Å². The molecule has 2 N–H and O–H groups in total. The summed E-state index contributed by atoms with van der Waals surface area (Å²) in [7, 11) is 0. The van der Waals surface area contributed by atoms with Crippen LogP contribution < -0.4 is 10.9 Å². The molecule has 114 valence electrons. The van der Waals surface area contributed by atoms with Gasteiger partial charge in [0.25, 0.3) is 0 Å². The van der Waals surface area contributed by atoms with E-state index in [-0.39, 0.29) is 12.5 Å². The van der Waals surface area contributed by atoms with E-state index in [1.807, 2.05) is 31.2 Å². The van der Waals surface area contributed by atoms with Gasteiger partial charge in [-0.2, -0.15) is 5.54 Å². The molecule has 2 aromatic carbocycles. The summed E-state index contributed by atoms with van der Waals surface area (Å²) in [5.41, 5.74) is 6.47. The summed E-state index contributed by atoms with van der Waals surface area (Å²) in [6.07, 6.45) is -1.06. The molecular formula is C17H17FN2O2. The Morgan fingerprint density at radius 2 is 1.95 bits per heavy atom.